The second-order valence-electron chi connectivity index (χ2n) is 8.15. The number of nitriles is 3. The zero-order valence-electron chi connectivity index (χ0n) is 16.8. The molecule has 1 aliphatic heterocycles. The van der Waals surface area contributed by atoms with E-state index in [1.165, 1.54) is 4.90 Å². The molecule has 1 aliphatic carbocycles. The summed E-state index contributed by atoms with van der Waals surface area (Å²) in [6, 6.07) is 24.5. The van der Waals surface area contributed by atoms with Gasteiger partial charge in [-0.1, -0.05) is 54.6 Å². The van der Waals surface area contributed by atoms with E-state index in [9.17, 15) is 15.8 Å². The van der Waals surface area contributed by atoms with Crippen LogP contribution in [0.15, 0.2) is 66.2 Å². The van der Waals surface area contributed by atoms with E-state index < -0.39 is 17.3 Å². The maximum absolute atomic E-state index is 10.1. The Morgan fingerprint density at radius 3 is 2.20 bits per heavy atom. The van der Waals surface area contributed by atoms with E-state index in [1.54, 1.807) is 0 Å². The van der Waals surface area contributed by atoms with Crippen LogP contribution < -0.4 is 4.90 Å². The smallest absolute Gasteiger partial charge is 0.189 e. The maximum Gasteiger partial charge on any atom is 0.189 e. The normalized spacial score (nSPS) is 27.0. The van der Waals surface area contributed by atoms with Gasteiger partial charge < -0.3 is 10.3 Å². The maximum atomic E-state index is 10.1. The summed E-state index contributed by atoms with van der Waals surface area (Å²) < 4.78 is 0. The van der Waals surface area contributed by atoms with Crippen LogP contribution in [0.3, 0.4) is 0 Å². The van der Waals surface area contributed by atoms with Gasteiger partial charge in [0.05, 0.1) is 44.1 Å². The molecule has 0 aromatic heterocycles. The van der Waals surface area contributed by atoms with Gasteiger partial charge in [0.2, 0.25) is 0 Å². The summed E-state index contributed by atoms with van der Waals surface area (Å²) in [6.45, 7) is 1.51. The average molecular weight is 392 g/mol. The van der Waals surface area contributed by atoms with Crippen molar-refractivity contribution in [2.75, 3.05) is 20.1 Å². The van der Waals surface area contributed by atoms with Crippen LogP contribution in [0, 0.1) is 56.7 Å². The predicted molar refractivity (Wildman–Crippen MR) is 113 cm³/mol. The van der Waals surface area contributed by atoms with Gasteiger partial charge in [-0.3, -0.25) is 0 Å². The van der Waals surface area contributed by atoms with Crippen LogP contribution in [0.4, 0.5) is 0 Å². The zero-order valence-corrected chi connectivity index (χ0v) is 16.8. The number of fused-ring (bicyclic) bond motifs is 1. The van der Waals surface area contributed by atoms with Crippen LogP contribution >= 0.6 is 0 Å². The zero-order chi connectivity index (χ0) is 21.3. The molecule has 5 heteroatoms. The fourth-order valence-corrected chi connectivity index (χ4v) is 4.95. The Kier molecular flexibility index (Phi) is 4.96. The van der Waals surface area contributed by atoms with Crippen LogP contribution in [0.5, 0.6) is 0 Å². The number of nitrogens with one attached hydrogen (secondary N) is 2. The van der Waals surface area contributed by atoms with E-state index in [1.807, 2.05) is 60.7 Å². The molecule has 2 aliphatic rings. The monoisotopic (exact) mass is 392 g/mol. The molecule has 0 spiro atoms. The summed E-state index contributed by atoms with van der Waals surface area (Å²) in [7, 11) is 2.07. The molecule has 5 nitrogen and oxygen atoms in total. The standard InChI is InChI=1S/C25H21N5/c1-30-12-11-20-21(13-26)24(29)25(15-27,16-28)23(22(20)14-30)19-9-7-18(8-10-19)17-5-3-2-4-6-17/h2-11,21-23,29H,12,14H2,1H3/p+1/t21?,22-,23-/m0/s1. The summed E-state index contributed by atoms with van der Waals surface area (Å²) in [5.41, 5.74) is 2.18. The molecule has 2 N–H and O–H groups in total. The molecular formula is C25H22N5+. The molecule has 146 valence electrons. The van der Waals surface area contributed by atoms with E-state index in [0.717, 1.165) is 35.4 Å². The predicted octanol–water partition coefficient (Wildman–Crippen LogP) is 2.71. The van der Waals surface area contributed by atoms with Crippen LogP contribution in [-0.2, 0) is 0 Å². The number of likely N-dealkylation sites (N-methyl/N-ethyl adjacent to an activating group) is 1. The summed E-state index contributed by atoms with van der Waals surface area (Å²) in [6.07, 6.45) is 2.04. The number of quaternary nitrogens is 1. The number of hydrogen-bond donors (Lipinski definition) is 2. The Hall–Kier alpha value is -3.72. The Balaban J connectivity index is 1.85. The fourth-order valence-electron chi connectivity index (χ4n) is 4.95. The lowest BCUT2D eigenvalue weighted by molar-refractivity contribution is -0.878. The third kappa shape index (κ3) is 2.91. The van der Waals surface area contributed by atoms with Gasteiger partial charge >= 0.3 is 0 Å². The van der Waals surface area contributed by atoms with Crippen molar-refractivity contribution < 1.29 is 4.90 Å². The van der Waals surface area contributed by atoms with Gasteiger partial charge in [-0.2, -0.15) is 15.8 Å². The molecule has 2 unspecified atom stereocenters. The number of nitrogens with zero attached hydrogens (tertiary/aromatic N) is 3. The van der Waals surface area contributed by atoms with Crippen LogP contribution in [0.1, 0.15) is 11.5 Å². The van der Waals surface area contributed by atoms with Crippen molar-refractivity contribution >= 4 is 5.71 Å². The summed E-state index contributed by atoms with van der Waals surface area (Å²) >= 11 is 0. The van der Waals surface area contributed by atoms with Gasteiger partial charge in [0.1, 0.15) is 5.92 Å². The lowest BCUT2D eigenvalue weighted by Gasteiger charge is -2.46. The Labute approximate surface area is 176 Å². The highest BCUT2D eigenvalue weighted by Crippen LogP contribution is 2.52. The van der Waals surface area contributed by atoms with Crippen molar-refractivity contribution in [3.8, 4) is 29.3 Å². The molecule has 1 heterocycles. The number of rotatable bonds is 2. The van der Waals surface area contributed by atoms with E-state index in [0.29, 0.717) is 0 Å². The van der Waals surface area contributed by atoms with Crippen LogP contribution in [0.2, 0.25) is 0 Å². The first-order valence-corrected chi connectivity index (χ1v) is 10.0. The Morgan fingerprint density at radius 2 is 1.60 bits per heavy atom. The van der Waals surface area contributed by atoms with E-state index in [2.05, 4.69) is 25.3 Å². The minimum atomic E-state index is -1.64. The molecule has 1 saturated carbocycles. The third-order valence-corrected chi connectivity index (χ3v) is 6.46. The number of benzene rings is 2. The number of hydrogen-bond acceptors (Lipinski definition) is 4. The molecule has 4 atom stereocenters. The quantitative estimate of drug-likeness (QED) is 0.769. The third-order valence-electron chi connectivity index (χ3n) is 6.46. The van der Waals surface area contributed by atoms with Crippen molar-refractivity contribution in [3.05, 3.63) is 71.8 Å². The van der Waals surface area contributed by atoms with Gasteiger partial charge in [-0.15, -0.1) is 0 Å². The van der Waals surface area contributed by atoms with Gasteiger partial charge in [0.25, 0.3) is 0 Å². The van der Waals surface area contributed by atoms with Gasteiger partial charge in [0.15, 0.2) is 5.41 Å². The highest BCUT2D eigenvalue weighted by molar-refractivity contribution is 6.00. The molecule has 0 saturated heterocycles. The van der Waals surface area contributed by atoms with Gasteiger partial charge in [-0.05, 0) is 28.3 Å². The first-order valence-electron chi connectivity index (χ1n) is 10.0. The second kappa shape index (κ2) is 7.60. The van der Waals surface area contributed by atoms with Gasteiger partial charge in [-0.25, -0.2) is 0 Å². The van der Waals surface area contributed by atoms with E-state index >= 15 is 0 Å². The lowest BCUT2D eigenvalue weighted by atomic mass is 9.54. The first-order chi connectivity index (χ1) is 14.6. The molecule has 0 amide bonds. The largest absolute Gasteiger partial charge is 0.334 e. The highest BCUT2D eigenvalue weighted by Gasteiger charge is 2.58. The minimum Gasteiger partial charge on any atom is -0.334 e. The molecule has 30 heavy (non-hydrogen) atoms. The summed E-state index contributed by atoms with van der Waals surface area (Å²) in [4.78, 5) is 1.27. The Morgan fingerprint density at radius 1 is 0.967 bits per heavy atom. The molecular weight excluding hydrogens is 370 g/mol. The fraction of sp³-hybridized carbons (Fsp3) is 0.280. The van der Waals surface area contributed by atoms with Crippen molar-refractivity contribution in [2.24, 2.45) is 17.3 Å². The van der Waals surface area contributed by atoms with Crippen molar-refractivity contribution in [2.45, 2.75) is 5.92 Å². The van der Waals surface area contributed by atoms with Crippen molar-refractivity contribution in [1.29, 1.82) is 21.2 Å². The van der Waals surface area contributed by atoms with E-state index in [4.69, 9.17) is 5.41 Å². The minimum absolute atomic E-state index is 0.0887. The molecule has 2 aromatic rings. The van der Waals surface area contributed by atoms with E-state index in [-0.39, 0.29) is 11.6 Å². The SMILES string of the molecule is C[NH+]1CC=C2C(C#N)C(=N)C(C#N)(C#N)[C@@H](c3ccc(-c4ccccc4)cc3)[C@H]2C1. The second-order valence-corrected chi connectivity index (χ2v) is 8.15. The first kappa shape index (κ1) is 19.6. The molecule has 0 radical (unpaired) electrons. The Bertz CT molecular complexity index is 1110. The summed E-state index contributed by atoms with van der Waals surface area (Å²) in [5.74, 6) is -1.41. The molecule has 0 bridgehead atoms. The molecule has 4 rings (SSSR count). The lowest BCUT2D eigenvalue weighted by Crippen LogP contribution is -3.10. The highest BCUT2D eigenvalue weighted by atomic mass is 15.1. The molecule has 2 aromatic carbocycles. The van der Waals surface area contributed by atoms with Crippen molar-refractivity contribution in [3.63, 3.8) is 0 Å². The topological polar surface area (TPSA) is 99.7 Å². The molecule has 1 fully saturated rings. The van der Waals surface area contributed by atoms with Gasteiger partial charge in [0, 0.05) is 11.8 Å². The van der Waals surface area contributed by atoms with Crippen LogP contribution in [0.25, 0.3) is 11.1 Å². The van der Waals surface area contributed by atoms with Crippen LogP contribution in [-0.4, -0.2) is 25.8 Å². The summed E-state index contributed by atoms with van der Waals surface area (Å²) in [5, 5.41) is 38.6. The van der Waals surface area contributed by atoms with Crippen molar-refractivity contribution in [1.82, 2.24) is 0 Å². The average Bonchev–Trinajstić information content (AvgIpc) is 2.79.